The summed E-state index contributed by atoms with van der Waals surface area (Å²) in [5, 5.41) is 0. The molecule has 3 rings (SSSR count). The van der Waals surface area contributed by atoms with Crippen molar-refractivity contribution < 1.29 is 14.3 Å². The van der Waals surface area contributed by atoms with E-state index in [-0.39, 0.29) is 17.9 Å². The van der Waals surface area contributed by atoms with Crippen molar-refractivity contribution in [2.24, 2.45) is 11.7 Å². The van der Waals surface area contributed by atoms with Crippen molar-refractivity contribution in [3.8, 4) is 0 Å². The van der Waals surface area contributed by atoms with E-state index in [4.69, 9.17) is 10.5 Å². The van der Waals surface area contributed by atoms with Crippen molar-refractivity contribution in [1.82, 2.24) is 9.80 Å². The molecule has 2 aliphatic rings. The van der Waals surface area contributed by atoms with Crippen LogP contribution in [0.15, 0.2) is 30.3 Å². The average Bonchev–Trinajstić information content (AvgIpc) is 2.67. The predicted octanol–water partition coefficient (Wildman–Crippen LogP) is 1.98. The summed E-state index contributed by atoms with van der Waals surface area (Å²) in [6.45, 7) is 3.22. The maximum atomic E-state index is 12.8. The van der Waals surface area contributed by atoms with Gasteiger partial charge in [-0.2, -0.15) is 0 Å². The van der Waals surface area contributed by atoms with Crippen LogP contribution in [-0.4, -0.2) is 54.0 Å². The van der Waals surface area contributed by atoms with Gasteiger partial charge in [0.1, 0.15) is 0 Å². The number of primary amides is 1. The van der Waals surface area contributed by atoms with Gasteiger partial charge in [0, 0.05) is 32.1 Å². The van der Waals surface area contributed by atoms with E-state index in [0.29, 0.717) is 39.1 Å². The number of hydrogen-bond donors (Lipinski definition) is 1. The second kappa shape index (κ2) is 8.34. The molecule has 136 valence electrons. The fourth-order valence-corrected chi connectivity index (χ4v) is 3.67. The maximum Gasteiger partial charge on any atom is 0.314 e. The van der Waals surface area contributed by atoms with E-state index in [1.54, 1.807) is 4.90 Å². The van der Waals surface area contributed by atoms with Gasteiger partial charge in [-0.3, -0.25) is 4.79 Å². The molecule has 2 saturated heterocycles. The predicted molar refractivity (Wildman–Crippen MR) is 94.7 cm³/mol. The van der Waals surface area contributed by atoms with Crippen molar-refractivity contribution in [3.63, 3.8) is 0 Å². The first-order valence-corrected chi connectivity index (χ1v) is 9.12. The summed E-state index contributed by atoms with van der Waals surface area (Å²) in [6, 6.07) is 9.73. The molecule has 3 amide bonds. The lowest BCUT2D eigenvalue weighted by molar-refractivity contribution is -0.141. The maximum absolute atomic E-state index is 12.8. The highest BCUT2D eigenvalue weighted by Gasteiger charge is 2.32. The first-order valence-electron chi connectivity index (χ1n) is 9.12. The fourth-order valence-electron chi connectivity index (χ4n) is 3.67. The SMILES string of the molecule is NC(=O)N1CCC(C(=O)N2CCCC(OCc3ccccc3)C2)CC1. The van der Waals surface area contributed by atoms with Crippen LogP contribution in [0.2, 0.25) is 0 Å². The highest BCUT2D eigenvalue weighted by Crippen LogP contribution is 2.23. The Kier molecular flexibility index (Phi) is 5.91. The molecule has 6 nitrogen and oxygen atoms in total. The third kappa shape index (κ3) is 4.72. The van der Waals surface area contributed by atoms with Gasteiger partial charge in [-0.1, -0.05) is 30.3 Å². The van der Waals surface area contributed by atoms with Gasteiger partial charge in [-0.15, -0.1) is 0 Å². The molecule has 2 fully saturated rings. The van der Waals surface area contributed by atoms with Crippen LogP contribution in [-0.2, 0) is 16.1 Å². The molecule has 6 heteroatoms. The summed E-state index contributed by atoms with van der Waals surface area (Å²) in [4.78, 5) is 27.6. The standard InChI is InChI=1S/C19H27N3O3/c20-19(24)21-11-8-16(9-12-21)18(23)22-10-4-7-17(13-22)25-14-15-5-2-1-3-6-15/h1-3,5-6,16-17H,4,7-14H2,(H2,20,24). The highest BCUT2D eigenvalue weighted by molar-refractivity contribution is 5.79. The van der Waals surface area contributed by atoms with Gasteiger partial charge in [0.25, 0.3) is 0 Å². The Balaban J connectivity index is 1.47. The average molecular weight is 345 g/mol. The van der Waals surface area contributed by atoms with Crippen molar-refractivity contribution in [1.29, 1.82) is 0 Å². The zero-order valence-corrected chi connectivity index (χ0v) is 14.6. The Morgan fingerprint density at radius 2 is 1.76 bits per heavy atom. The minimum atomic E-state index is -0.391. The molecule has 1 unspecified atom stereocenters. The Labute approximate surface area is 148 Å². The van der Waals surface area contributed by atoms with Gasteiger partial charge in [0.15, 0.2) is 0 Å². The van der Waals surface area contributed by atoms with Crippen LogP contribution in [0, 0.1) is 5.92 Å². The monoisotopic (exact) mass is 345 g/mol. The number of piperidine rings is 2. The normalized spacial score (nSPS) is 22.0. The van der Waals surface area contributed by atoms with E-state index < -0.39 is 6.03 Å². The summed E-state index contributed by atoms with van der Waals surface area (Å²) in [5.41, 5.74) is 6.46. The van der Waals surface area contributed by atoms with Crippen LogP contribution in [0.5, 0.6) is 0 Å². The molecule has 0 bridgehead atoms. The molecule has 2 aliphatic heterocycles. The number of nitrogens with zero attached hydrogens (tertiary/aromatic N) is 2. The number of benzene rings is 1. The topological polar surface area (TPSA) is 75.9 Å². The van der Waals surface area contributed by atoms with E-state index >= 15 is 0 Å². The number of hydrogen-bond acceptors (Lipinski definition) is 3. The number of rotatable bonds is 4. The highest BCUT2D eigenvalue weighted by atomic mass is 16.5. The van der Waals surface area contributed by atoms with Crippen LogP contribution < -0.4 is 5.73 Å². The van der Waals surface area contributed by atoms with Crippen LogP contribution in [0.1, 0.15) is 31.2 Å². The van der Waals surface area contributed by atoms with E-state index in [0.717, 1.165) is 24.9 Å². The second-order valence-electron chi connectivity index (χ2n) is 6.94. The summed E-state index contributed by atoms with van der Waals surface area (Å²) in [7, 11) is 0. The number of carbonyl (C=O) groups is 2. The molecular weight excluding hydrogens is 318 g/mol. The first-order chi connectivity index (χ1) is 12.1. The number of likely N-dealkylation sites (tertiary alicyclic amines) is 2. The molecule has 1 atom stereocenters. The summed E-state index contributed by atoms with van der Waals surface area (Å²) in [5.74, 6) is 0.209. The van der Waals surface area contributed by atoms with Crippen LogP contribution in [0.3, 0.4) is 0 Å². The molecule has 1 aromatic rings. The third-order valence-corrected chi connectivity index (χ3v) is 5.17. The van der Waals surface area contributed by atoms with E-state index in [2.05, 4.69) is 12.1 Å². The molecule has 25 heavy (non-hydrogen) atoms. The van der Waals surface area contributed by atoms with Crippen molar-refractivity contribution in [2.45, 2.75) is 38.4 Å². The van der Waals surface area contributed by atoms with Crippen LogP contribution >= 0.6 is 0 Å². The molecule has 0 aliphatic carbocycles. The minimum Gasteiger partial charge on any atom is -0.372 e. The van der Waals surface area contributed by atoms with Crippen LogP contribution in [0.25, 0.3) is 0 Å². The first kappa shape index (κ1) is 17.7. The van der Waals surface area contributed by atoms with E-state index in [1.165, 1.54) is 0 Å². The Morgan fingerprint density at radius 1 is 1.04 bits per heavy atom. The Morgan fingerprint density at radius 3 is 2.44 bits per heavy atom. The van der Waals surface area contributed by atoms with Crippen molar-refractivity contribution >= 4 is 11.9 Å². The van der Waals surface area contributed by atoms with Gasteiger partial charge >= 0.3 is 6.03 Å². The van der Waals surface area contributed by atoms with E-state index in [9.17, 15) is 9.59 Å². The van der Waals surface area contributed by atoms with Gasteiger partial charge in [-0.05, 0) is 31.2 Å². The summed E-state index contributed by atoms with van der Waals surface area (Å²) in [6.07, 6.45) is 3.48. The molecule has 0 aromatic heterocycles. The summed E-state index contributed by atoms with van der Waals surface area (Å²) >= 11 is 0. The third-order valence-electron chi connectivity index (χ3n) is 5.17. The lowest BCUT2D eigenvalue weighted by Gasteiger charge is -2.37. The van der Waals surface area contributed by atoms with Gasteiger partial charge < -0.3 is 20.3 Å². The number of urea groups is 1. The van der Waals surface area contributed by atoms with Gasteiger partial charge in [-0.25, -0.2) is 4.79 Å². The zero-order chi connectivity index (χ0) is 17.6. The minimum absolute atomic E-state index is 0.00322. The van der Waals surface area contributed by atoms with E-state index in [1.807, 2.05) is 23.1 Å². The molecule has 2 heterocycles. The van der Waals surface area contributed by atoms with Gasteiger partial charge in [0.2, 0.25) is 5.91 Å². The fraction of sp³-hybridized carbons (Fsp3) is 0.579. The molecular formula is C19H27N3O3. The number of ether oxygens (including phenoxy) is 1. The largest absolute Gasteiger partial charge is 0.372 e. The van der Waals surface area contributed by atoms with Crippen LogP contribution in [0.4, 0.5) is 4.79 Å². The Bertz CT molecular complexity index is 585. The Hall–Kier alpha value is -2.08. The number of carbonyl (C=O) groups excluding carboxylic acids is 2. The second-order valence-corrected chi connectivity index (χ2v) is 6.94. The number of nitrogens with two attached hydrogens (primary N) is 1. The molecule has 0 radical (unpaired) electrons. The quantitative estimate of drug-likeness (QED) is 0.907. The van der Waals surface area contributed by atoms with Crippen molar-refractivity contribution in [2.75, 3.05) is 26.2 Å². The van der Waals surface area contributed by atoms with Gasteiger partial charge in [0.05, 0.1) is 12.7 Å². The molecule has 0 saturated carbocycles. The summed E-state index contributed by atoms with van der Waals surface area (Å²) < 4.78 is 6.02. The molecule has 1 aromatic carbocycles. The smallest absolute Gasteiger partial charge is 0.314 e. The lowest BCUT2D eigenvalue weighted by Crippen LogP contribution is -2.49. The lowest BCUT2D eigenvalue weighted by atomic mass is 9.94. The molecule has 2 N–H and O–H groups in total. The van der Waals surface area contributed by atoms with Crippen molar-refractivity contribution in [3.05, 3.63) is 35.9 Å². The zero-order valence-electron chi connectivity index (χ0n) is 14.6. The number of amides is 3. The molecule has 0 spiro atoms.